The Balaban J connectivity index is 1.93. The maximum Gasteiger partial charge on any atom is 0.573 e. The first kappa shape index (κ1) is 20.2. The number of nitrogens with zero attached hydrogens (tertiary/aromatic N) is 1. The van der Waals surface area contributed by atoms with Crippen molar-refractivity contribution in [2.24, 2.45) is 0 Å². The third kappa shape index (κ3) is 5.72. The molecule has 0 spiro atoms. The number of halogens is 3. The molecule has 0 saturated heterocycles. The molecule has 0 aliphatic heterocycles. The number of alkyl halides is 3. The highest BCUT2D eigenvalue weighted by atomic mass is 32.2. The molecule has 9 heteroatoms. The van der Waals surface area contributed by atoms with E-state index in [1.807, 2.05) is 0 Å². The molecule has 2 aromatic carbocycles. The molecule has 0 saturated carbocycles. The van der Waals surface area contributed by atoms with E-state index >= 15 is 0 Å². The molecule has 0 atom stereocenters. The number of ether oxygens (including phenoxy) is 1. The van der Waals surface area contributed by atoms with Gasteiger partial charge >= 0.3 is 6.36 Å². The number of hydrogen-bond acceptors (Lipinski definition) is 4. The Morgan fingerprint density at radius 3 is 2.19 bits per heavy atom. The molecule has 2 rings (SSSR count). The Labute approximate surface area is 150 Å². The van der Waals surface area contributed by atoms with E-state index in [1.54, 1.807) is 18.2 Å². The second-order valence-electron chi connectivity index (χ2n) is 5.73. The summed E-state index contributed by atoms with van der Waals surface area (Å²) in [6, 6.07) is 12.1. The van der Waals surface area contributed by atoms with Gasteiger partial charge in [-0.1, -0.05) is 24.3 Å². The second kappa shape index (κ2) is 8.07. The molecule has 0 aliphatic carbocycles. The van der Waals surface area contributed by atoms with Gasteiger partial charge in [0.15, 0.2) is 0 Å². The fourth-order valence-corrected chi connectivity index (χ4v) is 3.10. The third-order valence-electron chi connectivity index (χ3n) is 3.49. The zero-order valence-corrected chi connectivity index (χ0v) is 15.1. The van der Waals surface area contributed by atoms with Crippen LogP contribution in [-0.2, 0) is 23.1 Å². The molecule has 0 amide bonds. The molecule has 0 fully saturated rings. The largest absolute Gasteiger partial charge is 0.573 e. The van der Waals surface area contributed by atoms with E-state index < -0.39 is 16.4 Å². The van der Waals surface area contributed by atoms with E-state index in [9.17, 15) is 21.6 Å². The lowest BCUT2D eigenvalue weighted by Gasteiger charge is -2.12. The molecule has 142 valence electrons. The van der Waals surface area contributed by atoms with Crippen molar-refractivity contribution in [3.8, 4) is 5.75 Å². The molecule has 2 aromatic rings. The number of nitrogens with one attached hydrogen (secondary N) is 1. The van der Waals surface area contributed by atoms with E-state index in [-0.39, 0.29) is 10.6 Å². The SMILES string of the molecule is CN(C)S(=O)(=O)c1ccc(CNCc2cccc(OC(F)(F)F)c2)cc1. The maximum atomic E-state index is 12.2. The van der Waals surface area contributed by atoms with Crippen LogP contribution in [0.25, 0.3) is 0 Å². The second-order valence-corrected chi connectivity index (χ2v) is 7.88. The Bertz CT molecular complexity index is 835. The lowest BCUT2D eigenvalue weighted by atomic mass is 10.2. The molecule has 0 radical (unpaired) electrons. The van der Waals surface area contributed by atoms with Crippen LogP contribution in [0.5, 0.6) is 5.75 Å². The van der Waals surface area contributed by atoms with Crippen LogP contribution >= 0.6 is 0 Å². The van der Waals surface area contributed by atoms with Gasteiger partial charge in [-0.15, -0.1) is 13.2 Å². The normalized spacial score (nSPS) is 12.4. The van der Waals surface area contributed by atoms with Gasteiger partial charge in [0.25, 0.3) is 0 Å². The van der Waals surface area contributed by atoms with Crippen LogP contribution in [0.3, 0.4) is 0 Å². The van der Waals surface area contributed by atoms with Crippen LogP contribution in [0.2, 0.25) is 0 Å². The predicted molar refractivity (Wildman–Crippen MR) is 91.0 cm³/mol. The van der Waals surface area contributed by atoms with Crippen molar-refractivity contribution < 1.29 is 26.3 Å². The summed E-state index contributed by atoms with van der Waals surface area (Å²) in [5, 5.41) is 3.09. The molecule has 0 aliphatic rings. The van der Waals surface area contributed by atoms with Crippen LogP contribution in [0.1, 0.15) is 11.1 Å². The van der Waals surface area contributed by atoms with Crippen LogP contribution in [-0.4, -0.2) is 33.2 Å². The smallest absolute Gasteiger partial charge is 0.406 e. The lowest BCUT2D eigenvalue weighted by molar-refractivity contribution is -0.274. The molecule has 0 bridgehead atoms. The van der Waals surface area contributed by atoms with Crippen LogP contribution in [0.15, 0.2) is 53.4 Å². The summed E-state index contributed by atoms with van der Waals surface area (Å²) in [4.78, 5) is 0.197. The fourth-order valence-electron chi connectivity index (χ4n) is 2.19. The van der Waals surface area contributed by atoms with Gasteiger partial charge in [0.1, 0.15) is 5.75 Å². The maximum absolute atomic E-state index is 12.2. The Morgan fingerprint density at radius 2 is 1.62 bits per heavy atom. The molecule has 0 aromatic heterocycles. The van der Waals surface area contributed by atoms with Crippen molar-refractivity contribution in [1.82, 2.24) is 9.62 Å². The van der Waals surface area contributed by atoms with Crippen molar-refractivity contribution in [3.63, 3.8) is 0 Å². The predicted octanol–water partition coefficient (Wildman–Crippen LogP) is 3.13. The minimum Gasteiger partial charge on any atom is -0.406 e. The zero-order valence-electron chi connectivity index (χ0n) is 14.2. The number of benzene rings is 2. The van der Waals surface area contributed by atoms with Gasteiger partial charge in [-0.25, -0.2) is 12.7 Å². The summed E-state index contributed by atoms with van der Waals surface area (Å²) >= 11 is 0. The topological polar surface area (TPSA) is 58.6 Å². The first-order chi connectivity index (χ1) is 12.1. The molecule has 26 heavy (non-hydrogen) atoms. The molecule has 0 heterocycles. The third-order valence-corrected chi connectivity index (χ3v) is 5.32. The van der Waals surface area contributed by atoms with Crippen molar-refractivity contribution in [2.75, 3.05) is 14.1 Å². The van der Waals surface area contributed by atoms with Crippen LogP contribution in [0.4, 0.5) is 13.2 Å². The Morgan fingerprint density at radius 1 is 1.00 bits per heavy atom. The van der Waals surface area contributed by atoms with Gasteiger partial charge in [0, 0.05) is 27.2 Å². The van der Waals surface area contributed by atoms with Crippen molar-refractivity contribution in [1.29, 1.82) is 0 Å². The highest BCUT2D eigenvalue weighted by Crippen LogP contribution is 2.23. The van der Waals surface area contributed by atoms with Crippen molar-refractivity contribution >= 4 is 10.0 Å². The monoisotopic (exact) mass is 388 g/mol. The number of hydrogen-bond donors (Lipinski definition) is 1. The highest BCUT2D eigenvalue weighted by Gasteiger charge is 2.31. The van der Waals surface area contributed by atoms with Crippen LogP contribution in [0, 0.1) is 0 Å². The number of sulfonamides is 1. The lowest BCUT2D eigenvalue weighted by Crippen LogP contribution is -2.22. The summed E-state index contributed by atoms with van der Waals surface area (Å²) in [7, 11) is -0.550. The summed E-state index contributed by atoms with van der Waals surface area (Å²) in [5.74, 6) is -0.268. The molecular weight excluding hydrogens is 369 g/mol. The first-order valence-electron chi connectivity index (χ1n) is 7.65. The Hall–Kier alpha value is -2.10. The first-order valence-corrected chi connectivity index (χ1v) is 9.09. The van der Waals surface area contributed by atoms with E-state index in [1.165, 1.54) is 44.4 Å². The minimum atomic E-state index is -4.72. The summed E-state index contributed by atoms with van der Waals surface area (Å²) < 4.78 is 65.7. The fraction of sp³-hybridized carbons (Fsp3) is 0.294. The summed E-state index contributed by atoms with van der Waals surface area (Å²) in [5.41, 5.74) is 1.49. The van der Waals surface area contributed by atoms with E-state index in [2.05, 4.69) is 10.1 Å². The average Bonchev–Trinajstić information content (AvgIpc) is 2.54. The van der Waals surface area contributed by atoms with E-state index in [4.69, 9.17) is 0 Å². The van der Waals surface area contributed by atoms with Gasteiger partial charge < -0.3 is 10.1 Å². The summed E-state index contributed by atoms with van der Waals surface area (Å²) in [6.45, 7) is 0.777. The molecule has 0 unspecified atom stereocenters. The van der Waals surface area contributed by atoms with Gasteiger partial charge in [0.05, 0.1) is 4.90 Å². The average molecular weight is 388 g/mol. The highest BCUT2D eigenvalue weighted by molar-refractivity contribution is 7.89. The zero-order chi connectivity index (χ0) is 19.4. The molecular formula is C17H19F3N2O3S. The van der Waals surface area contributed by atoms with Gasteiger partial charge in [-0.2, -0.15) is 0 Å². The summed E-state index contributed by atoms with van der Waals surface area (Å²) in [6.07, 6.45) is -4.72. The number of rotatable bonds is 7. The standard InChI is InChI=1S/C17H19F3N2O3S/c1-22(2)26(23,24)16-8-6-13(7-9-16)11-21-12-14-4-3-5-15(10-14)25-17(18,19)20/h3-10,21H,11-12H2,1-2H3. The Kier molecular flexibility index (Phi) is 6.27. The van der Waals surface area contributed by atoms with E-state index in [0.29, 0.717) is 18.7 Å². The van der Waals surface area contributed by atoms with Gasteiger partial charge in [0.2, 0.25) is 10.0 Å². The van der Waals surface area contributed by atoms with Crippen LogP contribution < -0.4 is 10.1 Å². The molecule has 1 N–H and O–H groups in total. The minimum absolute atomic E-state index is 0.197. The quantitative estimate of drug-likeness (QED) is 0.792. The molecule has 5 nitrogen and oxygen atoms in total. The van der Waals surface area contributed by atoms with Gasteiger partial charge in [-0.05, 0) is 35.4 Å². The van der Waals surface area contributed by atoms with E-state index in [0.717, 1.165) is 9.87 Å². The van der Waals surface area contributed by atoms with Gasteiger partial charge in [-0.3, -0.25) is 0 Å². The van der Waals surface area contributed by atoms with Crippen molar-refractivity contribution in [2.45, 2.75) is 24.3 Å². The van der Waals surface area contributed by atoms with Crippen molar-refractivity contribution in [3.05, 3.63) is 59.7 Å².